The summed E-state index contributed by atoms with van der Waals surface area (Å²) < 4.78 is 0. The van der Waals surface area contributed by atoms with Gasteiger partial charge in [0.25, 0.3) is 0 Å². The molecule has 0 atom stereocenters. The number of nitrogens with two attached hydrogens (primary N) is 1. The maximum Gasteiger partial charge on any atom is 0.335 e. The van der Waals surface area contributed by atoms with Crippen LogP contribution in [0.1, 0.15) is 45.8 Å². The zero-order chi connectivity index (χ0) is 17.1. The van der Waals surface area contributed by atoms with E-state index in [1.165, 1.54) is 0 Å². The fraction of sp³-hybridized carbons (Fsp3) is 0.350. The number of rotatable bonds is 4. The number of benzene rings is 2. The summed E-state index contributed by atoms with van der Waals surface area (Å²) in [6.45, 7) is 4.81. The molecule has 126 valence electrons. The number of aromatic carboxylic acids is 1. The van der Waals surface area contributed by atoms with E-state index in [0.29, 0.717) is 11.5 Å². The summed E-state index contributed by atoms with van der Waals surface area (Å²) >= 11 is 0. The zero-order valence-corrected chi connectivity index (χ0v) is 14.0. The van der Waals surface area contributed by atoms with Gasteiger partial charge < -0.3 is 10.8 Å². The van der Waals surface area contributed by atoms with Crippen molar-refractivity contribution < 1.29 is 9.90 Å². The van der Waals surface area contributed by atoms with E-state index in [1.54, 1.807) is 6.07 Å². The van der Waals surface area contributed by atoms with E-state index in [1.807, 2.05) is 37.3 Å². The van der Waals surface area contributed by atoms with Gasteiger partial charge in [0, 0.05) is 12.2 Å². The first-order valence-corrected chi connectivity index (χ1v) is 8.44. The molecule has 3 N–H and O–H groups in total. The number of aryl methyl sites for hydroxylation is 1. The molecule has 1 heterocycles. The molecule has 0 saturated carbocycles. The molecule has 3 rings (SSSR count). The van der Waals surface area contributed by atoms with Gasteiger partial charge in [-0.25, -0.2) is 4.79 Å². The van der Waals surface area contributed by atoms with E-state index < -0.39 is 5.97 Å². The normalized spacial score (nSPS) is 16.2. The minimum atomic E-state index is -0.829. The Balaban J connectivity index is 1.68. The highest BCUT2D eigenvalue weighted by molar-refractivity contribution is 5.89. The summed E-state index contributed by atoms with van der Waals surface area (Å²) in [7, 11) is 0. The molecule has 0 radical (unpaired) electrons. The Morgan fingerprint density at radius 3 is 2.58 bits per heavy atom. The van der Waals surface area contributed by atoms with Crippen LogP contribution < -0.4 is 5.73 Å². The molecule has 0 spiro atoms. The summed E-state index contributed by atoms with van der Waals surface area (Å²) in [5, 5.41) is 9.44. The van der Waals surface area contributed by atoms with Crippen molar-refractivity contribution in [2.75, 3.05) is 18.8 Å². The molecule has 1 saturated heterocycles. The SMILES string of the molecule is Cc1ccc(C(=O)O)c(C2CCN(Cc3ccccc3N)CC2)c1. The van der Waals surface area contributed by atoms with Crippen LogP contribution in [0.5, 0.6) is 0 Å². The van der Waals surface area contributed by atoms with E-state index in [2.05, 4.69) is 11.0 Å². The van der Waals surface area contributed by atoms with Gasteiger partial charge in [0.2, 0.25) is 0 Å². The fourth-order valence-corrected chi connectivity index (χ4v) is 3.54. The standard InChI is InChI=1S/C20H24N2O2/c1-14-6-7-17(20(23)24)18(12-14)15-8-10-22(11-9-15)13-16-4-2-3-5-19(16)21/h2-7,12,15H,8-11,13,21H2,1H3,(H,23,24). The second-order valence-electron chi connectivity index (χ2n) is 6.65. The molecule has 0 amide bonds. The minimum Gasteiger partial charge on any atom is -0.478 e. The molecule has 24 heavy (non-hydrogen) atoms. The van der Waals surface area contributed by atoms with Crippen molar-refractivity contribution in [2.24, 2.45) is 0 Å². The highest BCUT2D eigenvalue weighted by atomic mass is 16.4. The van der Waals surface area contributed by atoms with Crippen LogP contribution in [0.15, 0.2) is 42.5 Å². The fourth-order valence-electron chi connectivity index (χ4n) is 3.54. The second kappa shape index (κ2) is 7.05. The van der Waals surface area contributed by atoms with Crippen molar-refractivity contribution in [3.63, 3.8) is 0 Å². The molecule has 2 aromatic carbocycles. The van der Waals surface area contributed by atoms with Crippen LogP contribution in [-0.4, -0.2) is 29.1 Å². The van der Waals surface area contributed by atoms with Crippen LogP contribution in [0.2, 0.25) is 0 Å². The van der Waals surface area contributed by atoms with Gasteiger partial charge in [0.15, 0.2) is 0 Å². The molecule has 2 aromatic rings. The molecule has 0 aromatic heterocycles. The number of piperidine rings is 1. The smallest absolute Gasteiger partial charge is 0.335 e. The molecule has 1 aliphatic heterocycles. The topological polar surface area (TPSA) is 66.6 Å². The van der Waals surface area contributed by atoms with Gasteiger partial charge in [0.1, 0.15) is 0 Å². The predicted molar refractivity (Wildman–Crippen MR) is 96.2 cm³/mol. The number of nitrogen functional groups attached to an aromatic ring is 1. The molecule has 0 aliphatic carbocycles. The van der Waals surface area contributed by atoms with Gasteiger partial charge in [-0.2, -0.15) is 0 Å². The van der Waals surface area contributed by atoms with Crippen molar-refractivity contribution >= 4 is 11.7 Å². The molecular formula is C20H24N2O2. The first-order chi connectivity index (χ1) is 11.5. The molecule has 1 aliphatic rings. The van der Waals surface area contributed by atoms with Gasteiger partial charge in [-0.15, -0.1) is 0 Å². The molecular weight excluding hydrogens is 300 g/mol. The third-order valence-electron chi connectivity index (χ3n) is 4.91. The Kier molecular flexibility index (Phi) is 4.86. The third-order valence-corrected chi connectivity index (χ3v) is 4.91. The Morgan fingerprint density at radius 2 is 1.92 bits per heavy atom. The van der Waals surface area contributed by atoms with E-state index in [9.17, 15) is 9.90 Å². The van der Waals surface area contributed by atoms with Gasteiger partial charge in [-0.3, -0.25) is 4.90 Å². The number of para-hydroxylation sites is 1. The average molecular weight is 324 g/mol. The van der Waals surface area contributed by atoms with Crippen LogP contribution >= 0.6 is 0 Å². The zero-order valence-electron chi connectivity index (χ0n) is 14.0. The summed E-state index contributed by atoms with van der Waals surface area (Å²) in [6, 6.07) is 13.6. The lowest BCUT2D eigenvalue weighted by Gasteiger charge is -2.33. The summed E-state index contributed by atoms with van der Waals surface area (Å²) in [5.74, 6) is -0.509. The number of hydrogen-bond acceptors (Lipinski definition) is 3. The summed E-state index contributed by atoms with van der Waals surface area (Å²) in [6.07, 6.45) is 1.97. The lowest BCUT2D eigenvalue weighted by atomic mass is 9.85. The largest absolute Gasteiger partial charge is 0.478 e. The van der Waals surface area contributed by atoms with Crippen molar-refractivity contribution in [3.05, 3.63) is 64.7 Å². The van der Waals surface area contributed by atoms with Crippen molar-refractivity contribution in [1.29, 1.82) is 0 Å². The highest BCUT2D eigenvalue weighted by Crippen LogP contribution is 2.32. The van der Waals surface area contributed by atoms with E-state index in [0.717, 1.165) is 54.9 Å². The second-order valence-corrected chi connectivity index (χ2v) is 6.65. The van der Waals surface area contributed by atoms with Crippen LogP contribution in [0.3, 0.4) is 0 Å². The number of carbonyl (C=O) groups is 1. The number of nitrogens with zero attached hydrogens (tertiary/aromatic N) is 1. The Bertz CT molecular complexity index is 734. The number of carboxylic acids is 1. The van der Waals surface area contributed by atoms with Crippen LogP contribution in [-0.2, 0) is 6.54 Å². The maximum absolute atomic E-state index is 11.5. The first kappa shape index (κ1) is 16.5. The molecule has 0 unspecified atom stereocenters. The molecule has 0 bridgehead atoms. The number of carboxylic acid groups (broad SMARTS) is 1. The van der Waals surface area contributed by atoms with Gasteiger partial charge in [0.05, 0.1) is 5.56 Å². The van der Waals surface area contributed by atoms with Gasteiger partial charge in [-0.05, 0) is 62.0 Å². The highest BCUT2D eigenvalue weighted by Gasteiger charge is 2.24. The van der Waals surface area contributed by atoms with Crippen molar-refractivity contribution in [3.8, 4) is 0 Å². The van der Waals surface area contributed by atoms with Gasteiger partial charge >= 0.3 is 5.97 Å². The summed E-state index contributed by atoms with van der Waals surface area (Å²) in [4.78, 5) is 13.9. The van der Waals surface area contributed by atoms with Crippen LogP contribution in [0.4, 0.5) is 5.69 Å². The molecule has 4 nitrogen and oxygen atoms in total. The van der Waals surface area contributed by atoms with E-state index >= 15 is 0 Å². The first-order valence-electron chi connectivity index (χ1n) is 8.44. The number of anilines is 1. The van der Waals surface area contributed by atoms with Gasteiger partial charge in [-0.1, -0.05) is 35.9 Å². The average Bonchev–Trinajstić information content (AvgIpc) is 2.57. The Morgan fingerprint density at radius 1 is 1.21 bits per heavy atom. The van der Waals surface area contributed by atoms with E-state index in [4.69, 9.17) is 5.73 Å². The minimum absolute atomic E-state index is 0.320. The third kappa shape index (κ3) is 3.60. The number of likely N-dealkylation sites (tertiary alicyclic amines) is 1. The van der Waals surface area contributed by atoms with Crippen molar-refractivity contribution in [1.82, 2.24) is 4.90 Å². The Labute approximate surface area is 142 Å². The van der Waals surface area contributed by atoms with Crippen LogP contribution in [0, 0.1) is 6.92 Å². The van der Waals surface area contributed by atoms with Crippen LogP contribution in [0.25, 0.3) is 0 Å². The maximum atomic E-state index is 11.5. The predicted octanol–water partition coefficient (Wildman–Crippen LogP) is 3.66. The summed E-state index contributed by atoms with van der Waals surface area (Å²) in [5.41, 5.74) is 10.6. The van der Waals surface area contributed by atoms with Crippen molar-refractivity contribution in [2.45, 2.75) is 32.2 Å². The molecule has 4 heteroatoms. The lowest BCUT2D eigenvalue weighted by molar-refractivity contribution is 0.0694. The number of hydrogen-bond donors (Lipinski definition) is 2. The lowest BCUT2D eigenvalue weighted by Crippen LogP contribution is -2.33. The Hall–Kier alpha value is -2.33. The monoisotopic (exact) mass is 324 g/mol. The van der Waals surface area contributed by atoms with E-state index in [-0.39, 0.29) is 0 Å². The molecule has 1 fully saturated rings. The quantitative estimate of drug-likeness (QED) is 0.842.